The molecule has 0 amide bonds. The van der Waals surface area contributed by atoms with Gasteiger partial charge in [0.15, 0.2) is 0 Å². The third-order valence-electron chi connectivity index (χ3n) is 3.13. The van der Waals surface area contributed by atoms with E-state index in [1.807, 2.05) is 0 Å². The molecule has 0 aliphatic heterocycles. The maximum atomic E-state index is 12.1. The summed E-state index contributed by atoms with van der Waals surface area (Å²) >= 11 is 0. The molecular formula is C18H15F3N2O3. The van der Waals surface area contributed by atoms with E-state index in [0.717, 1.165) is 17.7 Å². The van der Waals surface area contributed by atoms with E-state index in [4.69, 9.17) is 5.11 Å². The molecular weight excluding hydrogens is 349 g/mol. The molecule has 0 aliphatic rings. The predicted octanol–water partition coefficient (Wildman–Crippen LogP) is 4.48. The fourth-order valence-corrected chi connectivity index (χ4v) is 2.05. The number of aromatic carboxylic acids is 1. The second-order valence-corrected chi connectivity index (χ2v) is 5.28. The number of alkyl halides is 3. The number of ether oxygens (including phenoxy) is 1. The first-order valence-corrected chi connectivity index (χ1v) is 7.38. The summed E-state index contributed by atoms with van der Waals surface area (Å²) in [5, 5.41) is 12.9. The van der Waals surface area contributed by atoms with Crippen LogP contribution in [0.25, 0.3) is 0 Å². The number of hydrogen-bond donors (Lipinski definition) is 2. The third-order valence-corrected chi connectivity index (χ3v) is 3.13. The van der Waals surface area contributed by atoms with Gasteiger partial charge in [-0.15, -0.1) is 13.2 Å². The Hall–Kier alpha value is -3.29. The molecule has 0 heterocycles. The molecule has 2 rings (SSSR count). The molecule has 5 nitrogen and oxygen atoms in total. The molecule has 136 valence electrons. The number of anilines is 1. The summed E-state index contributed by atoms with van der Waals surface area (Å²) in [5.41, 5.74) is 4.71. The van der Waals surface area contributed by atoms with E-state index in [0.29, 0.717) is 17.7 Å². The lowest BCUT2D eigenvalue weighted by atomic mass is 10.0. The fourth-order valence-electron chi connectivity index (χ4n) is 2.05. The lowest BCUT2D eigenvalue weighted by Gasteiger charge is -2.09. The van der Waals surface area contributed by atoms with Gasteiger partial charge in [-0.05, 0) is 54.0 Å². The number of hydrazone groups is 1. The zero-order valence-corrected chi connectivity index (χ0v) is 13.5. The van der Waals surface area contributed by atoms with Crippen molar-refractivity contribution in [2.24, 2.45) is 5.10 Å². The van der Waals surface area contributed by atoms with Gasteiger partial charge in [-0.3, -0.25) is 5.43 Å². The first-order chi connectivity index (χ1) is 12.2. The van der Waals surface area contributed by atoms with Crippen LogP contribution in [-0.4, -0.2) is 23.7 Å². The predicted molar refractivity (Wildman–Crippen MR) is 91.5 cm³/mol. The number of allylic oxidation sites excluding steroid dienone is 1. The summed E-state index contributed by atoms with van der Waals surface area (Å²) < 4.78 is 40.0. The summed E-state index contributed by atoms with van der Waals surface area (Å²) in [6.07, 6.45) is -2.87. The van der Waals surface area contributed by atoms with Crippen LogP contribution in [0.2, 0.25) is 0 Å². The number of rotatable bonds is 7. The van der Waals surface area contributed by atoms with Crippen molar-refractivity contribution in [1.29, 1.82) is 0 Å². The van der Waals surface area contributed by atoms with Gasteiger partial charge in [-0.1, -0.05) is 18.7 Å². The van der Waals surface area contributed by atoms with Crippen LogP contribution in [0.5, 0.6) is 5.75 Å². The number of nitrogens with one attached hydrogen (secondary N) is 1. The number of carbonyl (C=O) groups is 1. The zero-order chi connectivity index (χ0) is 19.2. The van der Waals surface area contributed by atoms with Crippen molar-refractivity contribution in [3.63, 3.8) is 0 Å². The molecule has 0 unspecified atom stereocenters. The minimum absolute atomic E-state index is 0.187. The van der Waals surface area contributed by atoms with Gasteiger partial charge in [0.25, 0.3) is 0 Å². The van der Waals surface area contributed by atoms with Crippen molar-refractivity contribution in [2.75, 3.05) is 5.43 Å². The number of carboxylic acid groups (broad SMARTS) is 1. The molecule has 0 aromatic heterocycles. The molecule has 0 bridgehead atoms. The molecule has 0 fully saturated rings. The minimum Gasteiger partial charge on any atom is -0.478 e. The molecule has 0 saturated carbocycles. The highest BCUT2D eigenvalue weighted by atomic mass is 19.4. The Morgan fingerprint density at radius 2 is 1.92 bits per heavy atom. The molecule has 0 saturated heterocycles. The van der Waals surface area contributed by atoms with Gasteiger partial charge in [0.05, 0.1) is 17.5 Å². The topological polar surface area (TPSA) is 70.9 Å². The van der Waals surface area contributed by atoms with Crippen LogP contribution in [0.1, 0.15) is 15.9 Å². The van der Waals surface area contributed by atoms with Gasteiger partial charge in [-0.25, -0.2) is 4.79 Å². The van der Waals surface area contributed by atoms with Gasteiger partial charge < -0.3 is 9.84 Å². The van der Waals surface area contributed by atoms with E-state index in [1.165, 1.54) is 24.4 Å². The quantitative estimate of drug-likeness (QED) is 0.561. The first kappa shape index (κ1) is 19.0. The monoisotopic (exact) mass is 364 g/mol. The van der Waals surface area contributed by atoms with Crippen molar-refractivity contribution in [3.8, 4) is 5.75 Å². The summed E-state index contributed by atoms with van der Waals surface area (Å²) in [5.74, 6) is -1.33. The second kappa shape index (κ2) is 8.19. The summed E-state index contributed by atoms with van der Waals surface area (Å²) in [4.78, 5) is 10.9. The van der Waals surface area contributed by atoms with Gasteiger partial charge in [0.2, 0.25) is 0 Å². The second-order valence-electron chi connectivity index (χ2n) is 5.28. The molecule has 2 N–H and O–H groups in total. The van der Waals surface area contributed by atoms with E-state index >= 15 is 0 Å². The van der Waals surface area contributed by atoms with E-state index in [1.54, 1.807) is 18.2 Å². The van der Waals surface area contributed by atoms with Gasteiger partial charge in [0.1, 0.15) is 5.75 Å². The van der Waals surface area contributed by atoms with E-state index in [2.05, 4.69) is 21.8 Å². The van der Waals surface area contributed by atoms with E-state index < -0.39 is 12.3 Å². The summed E-state index contributed by atoms with van der Waals surface area (Å²) in [6.45, 7) is 3.83. The van der Waals surface area contributed by atoms with E-state index in [9.17, 15) is 18.0 Å². The molecule has 0 atom stereocenters. The van der Waals surface area contributed by atoms with Crippen LogP contribution >= 0.6 is 0 Å². The van der Waals surface area contributed by atoms with Gasteiger partial charge in [0, 0.05) is 0 Å². The zero-order valence-electron chi connectivity index (χ0n) is 13.5. The minimum atomic E-state index is -4.73. The number of carboxylic acids is 1. The number of halogens is 3. The number of hydrogen-bond acceptors (Lipinski definition) is 4. The Bertz CT molecular complexity index is 815. The third kappa shape index (κ3) is 6.31. The van der Waals surface area contributed by atoms with Gasteiger partial charge >= 0.3 is 12.3 Å². The Labute approximate surface area is 147 Å². The summed E-state index contributed by atoms with van der Waals surface area (Å²) in [6, 6.07) is 11.6. The maximum absolute atomic E-state index is 12.1. The Kier molecular flexibility index (Phi) is 6.00. The van der Waals surface area contributed by atoms with Crippen LogP contribution in [0.3, 0.4) is 0 Å². The van der Waals surface area contributed by atoms with Gasteiger partial charge in [-0.2, -0.15) is 5.10 Å². The lowest BCUT2D eigenvalue weighted by Crippen LogP contribution is -2.16. The smallest absolute Gasteiger partial charge is 0.478 e. The molecule has 26 heavy (non-hydrogen) atoms. The van der Waals surface area contributed by atoms with Crippen LogP contribution in [0, 0.1) is 0 Å². The van der Waals surface area contributed by atoms with Crippen LogP contribution in [-0.2, 0) is 6.42 Å². The first-order valence-electron chi connectivity index (χ1n) is 7.38. The highest BCUT2D eigenvalue weighted by Gasteiger charge is 2.30. The standard InChI is InChI=1S/C18H15F3N2O3/c1-12(9-13-3-2-4-14(10-13)17(24)25)11-22-23-15-5-7-16(8-6-15)26-18(19,20)21/h2-8,10-11,23H,1,9H2,(H,24,25)/b22-11-. The molecule has 2 aromatic carbocycles. The number of nitrogens with zero attached hydrogens (tertiary/aromatic N) is 1. The molecule has 0 spiro atoms. The van der Waals surface area contributed by atoms with Crippen LogP contribution in [0.4, 0.5) is 18.9 Å². The Balaban J connectivity index is 1.89. The lowest BCUT2D eigenvalue weighted by molar-refractivity contribution is -0.274. The highest BCUT2D eigenvalue weighted by molar-refractivity contribution is 5.88. The maximum Gasteiger partial charge on any atom is 0.573 e. The summed E-state index contributed by atoms with van der Waals surface area (Å²) in [7, 11) is 0. The fraction of sp³-hybridized carbons (Fsp3) is 0.111. The van der Waals surface area contributed by atoms with Crippen molar-refractivity contribution in [3.05, 3.63) is 71.8 Å². The van der Waals surface area contributed by atoms with Crippen LogP contribution in [0.15, 0.2) is 65.8 Å². The molecule has 8 heteroatoms. The number of benzene rings is 2. The van der Waals surface area contributed by atoms with Crippen molar-refractivity contribution < 1.29 is 27.8 Å². The largest absolute Gasteiger partial charge is 0.573 e. The highest BCUT2D eigenvalue weighted by Crippen LogP contribution is 2.23. The average Bonchev–Trinajstić information content (AvgIpc) is 2.55. The molecule has 0 aliphatic carbocycles. The molecule has 0 radical (unpaired) electrons. The Morgan fingerprint density at radius 1 is 1.23 bits per heavy atom. The molecule has 2 aromatic rings. The van der Waals surface area contributed by atoms with Crippen molar-refractivity contribution in [2.45, 2.75) is 12.8 Å². The SMILES string of the molecule is C=C(/C=N\Nc1ccc(OC(F)(F)F)cc1)Cc1cccc(C(=O)O)c1. The Morgan fingerprint density at radius 3 is 2.54 bits per heavy atom. The average molecular weight is 364 g/mol. The van der Waals surface area contributed by atoms with Crippen LogP contribution < -0.4 is 10.2 Å². The van der Waals surface area contributed by atoms with Crippen molar-refractivity contribution >= 4 is 17.9 Å². The van der Waals surface area contributed by atoms with Crippen molar-refractivity contribution in [1.82, 2.24) is 0 Å². The van der Waals surface area contributed by atoms with E-state index in [-0.39, 0.29) is 11.3 Å². The normalized spacial score (nSPS) is 11.3.